The normalized spacial score (nSPS) is 29.8. The molecule has 0 aromatic carbocycles. The second kappa shape index (κ2) is 7.26. The molecule has 1 aliphatic heterocycles. The van der Waals surface area contributed by atoms with Gasteiger partial charge in [-0.25, -0.2) is 0 Å². The minimum Gasteiger partial charge on any atom is -0.312 e. The van der Waals surface area contributed by atoms with Gasteiger partial charge in [0.25, 0.3) is 0 Å². The second-order valence-corrected chi connectivity index (χ2v) is 6.85. The average Bonchev–Trinajstić information content (AvgIpc) is 2.89. The lowest BCUT2D eigenvalue weighted by molar-refractivity contribution is 0.126. The topological polar surface area (TPSA) is 39.1 Å². The van der Waals surface area contributed by atoms with Crippen LogP contribution in [0.15, 0.2) is 0 Å². The summed E-state index contributed by atoms with van der Waals surface area (Å²) in [5.41, 5.74) is 0. The van der Waals surface area contributed by atoms with Crippen LogP contribution in [0.2, 0.25) is 0 Å². The number of likely N-dealkylation sites (tertiary alicyclic amines) is 1. The maximum Gasteiger partial charge on any atom is 0.0866 e. The summed E-state index contributed by atoms with van der Waals surface area (Å²) in [6.45, 7) is 8.57. The summed E-state index contributed by atoms with van der Waals surface area (Å²) in [7, 11) is 0. The van der Waals surface area contributed by atoms with Crippen LogP contribution in [0.3, 0.4) is 0 Å². The van der Waals surface area contributed by atoms with Crippen LogP contribution in [-0.2, 0) is 0 Å². The molecule has 2 fully saturated rings. The Balaban J connectivity index is 1.81. The van der Waals surface area contributed by atoms with E-state index in [9.17, 15) is 0 Å². The molecule has 2 unspecified atom stereocenters. The van der Waals surface area contributed by atoms with Gasteiger partial charge in [-0.05, 0) is 43.6 Å². The molecule has 2 atom stereocenters. The quantitative estimate of drug-likeness (QED) is 0.775. The molecule has 108 valence electrons. The van der Waals surface area contributed by atoms with Crippen LogP contribution in [0.1, 0.15) is 46.0 Å². The molecule has 1 aliphatic carbocycles. The molecule has 1 N–H and O–H groups in total. The molecule has 2 rings (SSSR count). The van der Waals surface area contributed by atoms with Gasteiger partial charge < -0.3 is 5.32 Å². The molecule has 0 radical (unpaired) electrons. The van der Waals surface area contributed by atoms with E-state index >= 15 is 0 Å². The number of nitrogens with one attached hydrogen (secondary N) is 1. The summed E-state index contributed by atoms with van der Waals surface area (Å²) in [5.74, 6) is 2.37. The lowest BCUT2D eigenvalue weighted by Gasteiger charge is -2.39. The Morgan fingerprint density at radius 1 is 1.26 bits per heavy atom. The fourth-order valence-corrected chi connectivity index (χ4v) is 3.64. The highest BCUT2D eigenvalue weighted by Gasteiger charge is 2.29. The zero-order chi connectivity index (χ0) is 13.7. The summed E-state index contributed by atoms with van der Waals surface area (Å²) >= 11 is 0. The molecule has 2 aliphatic rings. The third-order valence-electron chi connectivity index (χ3n) is 4.97. The lowest BCUT2D eigenvalue weighted by Crippen LogP contribution is -2.51. The predicted molar refractivity (Wildman–Crippen MR) is 78.7 cm³/mol. The number of rotatable bonds is 5. The van der Waals surface area contributed by atoms with Gasteiger partial charge in [0, 0.05) is 19.1 Å². The smallest absolute Gasteiger partial charge is 0.0866 e. The minimum absolute atomic E-state index is 0.588. The first kappa shape index (κ1) is 14.8. The zero-order valence-electron chi connectivity index (χ0n) is 12.6. The number of piperidine rings is 1. The van der Waals surface area contributed by atoms with Gasteiger partial charge in [0.05, 0.1) is 12.6 Å². The highest BCUT2D eigenvalue weighted by molar-refractivity contribution is 4.89. The van der Waals surface area contributed by atoms with E-state index in [1.165, 1.54) is 38.6 Å². The molecule has 0 aromatic heterocycles. The Hall–Kier alpha value is -0.590. The van der Waals surface area contributed by atoms with Crippen LogP contribution in [0, 0.1) is 29.1 Å². The van der Waals surface area contributed by atoms with Crippen LogP contribution in [-0.4, -0.2) is 37.1 Å². The molecular formula is C16H29N3. The maximum atomic E-state index is 8.92. The van der Waals surface area contributed by atoms with Gasteiger partial charge >= 0.3 is 0 Å². The Morgan fingerprint density at radius 2 is 2.00 bits per heavy atom. The van der Waals surface area contributed by atoms with E-state index in [1.54, 1.807) is 0 Å². The number of nitrogens with zero attached hydrogens (tertiary/aromatic N) is 2. The zero-order valence-corrected chi connectivity index (χ0v) is 12.6. The predicted octanol–water partition coefficient (Wildman–Crippen LogP) is 2.64. The van der Waals surface area contributed by atoms with Crippen molar-refractivity contribution in [1.82, 2.24) is 10.2 Å². The van der Waals surface area contributed by atoms with Crippen LogP contribution in [0.5, 0.6) is 0 Å². The van der Waals surface area contributed by atoms with Crippen molar-refractivity contribution in [2.24, 2.45) is 17.8 Å². The van der Waals surface area contributed by atoms with Crippen molar-refractivity contribution in [3.8, 4) is 6.07 Å². The largest absolute Gasteiger partial charge is 0.312 e. The first-order chi connectivity index (χ1) is 9.19. The van der Waals surface area contributed by atoms with Crippen molar-refractivity contribution in [3.05, 3.63) is 0 Å². The van der Waals surface area contributed by atoms with E-state index in [2.05, 4.69) is 30.1 Å². The fraction of sp³-hybridized carbons (Fsp3) is 0.938. The summed E-state index contributed by atoms with van der Waals surface area (Å²) in [4.78, 5) is 2.33. The number of hydrogen-bond donors (Lipinski definition) is 1. The monoisotopic (exact) mass is 263 g/mol. The molecule has 0 spiro atoms. The van der Waals surface area contributed by atoms with Gasteiger partial charge in [0.1, 0.15) is 0 Å². The van der Waals surface area contributed by atoms with E-state index in [4.69, 9.17) is 5.26 Å². The molecule has 1 heterocycles. The first-order valence-corrected chi connectivity index (χ1v) is 8.01. The Kier molecular flexibility index (Phi) is 5.66. The molecule has 0 amide bonds. The van der Waals surface area contributed by atoms with Crippen molar-refractivity contribution < 1.29 is 0 Å². The van der Waals surface area contributed by atoms with E-state index < -0.39 is 0 Å². The van der Waals surface area contributed by atoms with Crippen LogP contribution < -0.4 is 5.32 Å². The van der Waals surface area contributed by atoms with Crippen molar-refractivity contribution in [2.45, 2.75) is 52.0 Å². The fourth-order valence-electron chi connectivity index (χ4n) is 3.64. The van der Waals surface area contributed by atoms with Crippen LogP contribution >= 0.6 is 0 Å². The lowest BCUT2D eigenvalue weighted by atomic mass is 9.85. The van der Waals surface area contributed by atoms with Gasteiger partial charge in [-0.2, -0.15) is 5.26 Å². The summed E-state index contributed by atoms with van der Waals surface area (Å²) in [5, 5.41) is 12.7. The van der Waals surface area contributed by atoms with Crippen LogP contribution in [0.4, 0.5) is 0 Å². The van der Waals surface area contributed by atoms with Crippen molar-refractivity contribution in [2.75, 3.05) is 26.2 Å². The third-order valence-corrected chi connectivity index (χ3v) is 4.97. The average molecular weight is 263 g/mol. The van der Waals surface area contributed by atoms with Gasteiger partial charge in [-0.1, -0.05) is 26.7 Å². The standard InChI is InChI=1S/C16H29N3/c1-13(2)15-9-16(12-19(11-15)8-7-17)18-10-14-5-3-4-6-14/h13-16,18H,3-6,8-12H2,1-2H3. The Labute approximate surface area is 118 Å². The maximum absolute atomic E-state index is 8.92. The molecular weight excluding hydrogens is 234 g/mol. The third kappa shape index (κ3) is 4.47. The summed E-state index contributed by atoms with van der Waals surface area (Å²) < 4.78 is 0. The number of hydrogen-bond acceptors (Lipinski definition) is 3. The number of nitriles is 1. The van der Waals surface area contributed by atoms with E-state index in [-0.39, 0.29) is 0 Å². The minimum atomic E-state index is 0.588. The molecule has 3 nitrogen and oxygen atoms in total. The summed E-state index contributed by atoms with van der Waals surface area (Å²) in [6.07, 6.45) is 6.95. The van der Waals surface area contributed by atoms with Gasteiger partial charge in [0.2, 0.25) is 0 Å². The molecule has 1 saturated carbocycles. The molecule has 0 aromatic rings. The van der Waals surface area contributed by atoms with E-state index in [1.807, 2.05) is 0 Å². The summed E-state index contributed by atoms with van der Waals surface area (Å²) in [6, 6.07) is 2.91. The SMILES string of the molecule is CC(C)C1CC(NCC2CCCC2)CN(CC#N)C1. The Bertz CT molecular complexity index is 302. The highest BCUT2D eigenvalue weighted by Crippen LogP contribution is 2.26. The first-order valence-electron chi connectivity index (χ1n) is 8.01. The Morgan fingerprint density at radius 3 is 2.63 bits per heavy atom. The molecule has 3 heteroatoms. The van der Waals surface area contributed by atoms with Crippen molar-refractivity contribution in [3.63, 3.8) is 0 Å². The van der Waals surface area contributed by atoms with Crippen LogP contribution in [0.25, 0.3) is 0 Å². The molecule has 0 bridgehead atoms. The molecule has 19 heavy (non-hydrogen) atoms. The van der Waals surface area contributed by atoms with Gasteiger partial charge in [-0.3, -0.25) is 4.90 Å². The molecule has 1 saturated heterocycles. The van der Waals surface area contributed by atoms with Crippen molar-refractivity contribution in [1.29, 1.82) is 5.26 Å². The van der Waals surface area contributed by atoms with E-state index in [0.717, 1.165) is 30.8 Å². The second-order valence-electron chi connectivity index (χ2n) is 6.85. The van der Waals surface area contributed by atoms with Gasteiger partial charge in [0.15, 0.2) is 0 Å². The van der Waals surface area contributed by atoms with Gasteiger partial charge in [-0.15, -0.1) is 0 Å². The highest BCUT2D eigenvalue weighted by atomic mass is 15.2. The van der Waals surface area contributed by atoms with E-state index in [0.29, 0.717) is 12.6 Å². The van der Waals surface area contributed by atoms with Crippen molar-refractivity contribution >= 4 is 0 Å².